The lowest BCUT2D eigenvalue weighted by molar-refractivity contribution is -0.192. The Bertz CT molecular complexity index is 1200. The van der Waals surface area contributed by atoms with Crippen LogP contribution in [0.3, 0.4) is 0 Å². The lowest BCUT2D eigenvalue weighted by atomic mass is 9.89. The summed E-state index contributed by atoms with van der Waals surface area (Å²) in [6, 6.07) is 13.4. The van der Waals surface area contributed by atoms with Gasteiger partial charge in [-0.15, -0.1) is 15.3 Å². The van der Waals surface area contributed by atoms with E-state index in [-0.39, 0.29) is 11.8 Å². The van der Waals surface area contributed by atoms with Gasteiger partial charge in [0.25, 0.3) is 5.91 Å². The predicted octanol–water partition coefficient (Wildman–Crippen LogP) is 2.89. The van der Waals surface area contributed by atoms with E-state index in [9.17, 15) is 18.0 Å². The van der Waals surface area contributed by atoms with Crippen LogP contribution in [0.2, 0.25) is 0 Å². The summed E-state index contributed by atoms with van der Waals surface area (Å²) in [5.41, 5.74) is 1.66. The molecule has 0 spiro atoms. The van der Waals surface area contributed by atoms with Crippen LogP contribution < -0.4 is 10.2 Å². The fourth-order valence-electron chi connectivity index (χ4n) is 4.19. The number of carbonyl (C=O) groups is 2. The number of anilines is 2. The number of nitrogens with one attached hydrogen (secondary N) is 1. The number of aliphatic carboxylic acids is 1. The van der Waals surface area contributed by atoms with Gasteiger partial charge in [-0.05, 0) is 43.5 Å². The van der Waals surface area contributed by atoms with Gasteiger partial charge in [-0.3, -0.25) is 4.79 Å². The number of hydrogen-bond donors (Lipinski definition) is 2. The van der Waals surface area contributed by atoms with Crippen LogP contribution in [0, 0.1) is 12.8 Å². The Hall–Kier alpha value is -4.03. The Kier molecular flexibility index (Phi) is 6.67. The summed E-state index contributed by atoms with van der Waals surface area (Å²) in [6.45, 7) is 4.45. The Balaban J connectivity index is 0.000000364. The summed E-state index contributed by atoms with van der Waals surface area (Å²) >= 11 is 0. The molecule has 4 heterocycles. The van der Waals surface area contributed by atoms with Crippen molar-refractivity contribution in [1.82, 2.24) is 25.0 Å². The number of benzene rings is 1. The smallest absolute Gasteiger partial charge is 0.475 e. The molecule has 1 aromatic carbocycles. The molecule has 2 aliphatic rings. The summed E-state index contributed by atoms with van der Waals surface area (Å²) < 4.78 is 33.7. The summed E-state index contributed by atoms with van der Waals surface area (Å²) in [5.74, 6) is -0.0568. The van der Waals surface area contributed by atoms with E-state index in [0.29, 0.717) is 11.7 Å². The van der Waals surface area contributed by atoms with Crippen molar-refractivity contribution in [3.8, 4) is 0 Å². The maximum absolute atomic E-state index is 12.7. The molecule has 184 valence electrons. The highest BCUT2D eigenvalue weighted by molar-refractivity contribution is 6.01. The molecule has 1 fully saturated rings. The van der Waals surface area contributed by atoms with Crippen LogP contribution in [0.1, 0.15) is 34.5 Å². The zero-order chi connectivity index (χ0) is 25.2. The van der Waals surface area contributed by atoms with E-state index in [1.165, 1.54) is 0 Å². The number of halogens is 3. The molecule has 2 aliphatic heterocycles. The minimum atomic E-state index is -5.08. The quantitative estimate of drug-likeness (QED) is 0.575. The molecule has 13 heteroatoms. The second kappa shape index (κ2) is 9.68. The van der Waals surface area contributed by atoms with Crippen LogP contribution in [-0.2, 0) is 11.3 Å². The molecule has 0 radical (unpaired) electrons. The predicted molar refractivity (Wildman–Crippen MR) is 118 cm³/mol. The first-order valence-electron chi connectivity index (χ1n) is 10.8. The van der Waals surface area contributed by atoms with E-state index in [2.05, 4.69) is 30.6 Å². The van der Waals surface area contributed by atoms with Crippen molar-refractivity contribution in [2.75, 3.05) is 23.3 Å². The number of carboxylic acid groups (broad SMARTS) is 1. The number of carbonyl (C=O) groups excluding carboxylic acids is 1. The van der Waals surface area contributed by atoms with Crippen LogP contribution >= 0.6 is 0 Å². The number of amides is 1. The summed E-state index contributed by atoms with van der Waals surface area (Å²) in [6.07, 6.45) is -4.09. The second-order valence-corrected chi connectivity index (χ2v) is 8.25. The van der Waals surface area contributed by atoms with E-state index in [0.717, 1.165) is 49.1 Å². The van der Waals surface area contributed by atoms with Crippen molar-refractivity contribution in [1.29, 1.82) is 0 Å². The minimum absolute atomic E-state index is 0.220. The molecule has 3 aromatic rings. The largest absolute Gasteiger partial charge is 0.490 e. The van der Waals surface area contributed by atoms with Crippen molar-refractivity contribution in [3.05, 3.63) is 59.8 Å². The number of aromatic nitrogens is 5. The monoisotopic (exact) mass is 489 g/mol. The Morgan fingerprint density at radius 3 is 2.37 bits per heavy atom. The third-order valence-electron chi connectivity index (χ3n) is 5.86. The number of carboxylic acids is 1. The fourth-order valence-corrected chi connectivity index (χ4v) is 4.19. The van der Waals surface area contributed by atoms with E-state index >= 15 is 0 Å². The van der Waals surface area contributed by atoms with Crippen LogP contribution in [0.5, 0.6) is 0 Å². The first-order chi connectivity index (χ1) is 16.6. The highest BCUT2D eigenvalue weighted by Crippen LogP contribution is 2.39. The number of fused-ring (bicyclic) bond motifs is 3. The van der Waals surface area contributed by atoms with Gasteiger partial charge in [-0.1, -0.05) is 18.2 Å². The third kappa shape index (κ3) is 5.39. The average molecular weight is 489 g/mol. The zero-order valence-electron chi connectivity index (χ0n) is 18.6. The number of hydrogen-bond acceptors (Lipinski definition) is 7. The van der Waals surface area contributed by atoms with Crippen molar-refractivity contribution in [2.24, 2.45) is 5.92 Å². The maximum Gasteiger partial charge on any atom is 0.490 e. The van der Waals surface area contributed by atoms with E-state index in [4.69, 9.17) is 9.90 Å². The molecule has 0 saturated carbocycles. The Labute approximate surface area is 197 Å². The van der Waals surface area contributed by atoms with Crippen molar-refractivity contribution in [2.45, 2.75) is 32.0 Å². The highest BCUT2D eigenvalue weighted by Gasteiger charge is 2.41. The fraction of sp³-hybridized carbons (Fsp3) is 0.364. The van der Waals surface area contributed by atoms with Gasteiger partial charge in [0.1, 0.15) is 5.82 Å². The third-order valence-corrected chi connectivity index (χ3v) is 5.86. The molecule has 0 bridgehead atoms. The summed E-state index contributed by atoms with van der Waals surface area (Å²) in [4.78, 5) is 23.8. The molecule has 1 saturated heterocycles. The second-order valence-electron chi connectivity index (χ2n) is 8.25. The van der Waals surface area contributed by atoms with Gasteiger partial charge in [0.05, 0.1) is 5.69 Å². The van der Waals surface area contributed by atoms with Crippen molar-refractivity contribution in [3.63, 3.8) is 0 Å². The lowest BCUT2D eigenvalue weighted by Crippen LogP contribution is -2.27. The van der Waals surface area contributed by atoms with E-state index < -0.39 is 12.1 Å². The average Bonchev–Trinajstić information content (AvgIpc) is 3.44. The molecular formula is C22H22F3N7O3. The molecule has 2 atom stereocenters. The van der Waals surface area contributed by atoms with Gasteiger partial charge in [-0.2, -0.15) is 18.3 Å². The van der Waals surface area contributed by atoms with Gasteiger partial charge in [0.15, 0.2) is 5.82 Å². The molecule has 10 nitrogen and oxygen atoms in total. The van der Waals surface area contributed by atoms with Gasteiger partial charge >= 0.3 is 12.1 Å². The van der Waals surface area contributed by atoms with Gasteiger partial charge in [0.2, 0.25) is 5.82 Å². The number of alkyl halides is 3. The van der Waals surface area contributed by atoms with Crippen LogP contribution in [0.4, 0.5) is 24.7 Å². The number of nitrogens with zero attached hydrogens (tertiary/aromatic N) is 6. The van der Waals surface area contributed by atoms with Crippen molar-refractivity contribution < 1.29 is 27.9 Å². The van der Waals surface area contributed by atoms with E-state index in [1.54, 1.807) is 0 Å². The van der Waals surface area contributed by atoms with Crippen LogP contribution in [0.25, 0.3) is 0 Å². The molecule has 5 rings (SSSR count). The van der Waals surface area contributed by atoms with Crippen LogP contribution in [-0.4, -0.2) is 61.2 Å². The molecule has 2 N–H and O–H groups in total. The number of rotatable bonds is 3. The SMILES string of the molecule is Cc1ccc(N2CC3CCn4c(C(=O)Nc5ccccc5)nnc4C3C2)nn1.O=C(O)C(F)(F)F. The molecule has 2 aromatic heterocycles. The number of aryl methyl sites for hydroxylation is 1. The first-order valence-corrected chi connectivity index (χ1v) is 10.8. The highest BCUT2D eigenvalue weighted by atomic mass is 19.4. The molecular weight excluding hydrogens is 467 g/mol. The van der Waals surface area contributed by atoms with Gasteiger partial charge in [0, 0.05) is 31.2 Å². The molecule has 2 unspecified atom stereocenters. The zero-order valence-corrected chi connectivity index (χ0v) is 18.6. The Morgan fingerprint density at radius 2 is 1.74 bits per heavy atom. The standard InChI is InChI=1S/C20H21N7O.C2HF3O2/c1-13-7-8-17(23-22-13)26-11-14-9-10-27-18(16(14)12-26)24-25-19(27)20(28)21-15-5-3-2-4-6-15;3-2(4,5)1(6)7/h2-8,14,16H,9-12H2,1H3,(H,21,28);(H,6,7). The van der Waals surface area contributed by atoms with Crippen LogP contribution in [0.15, 0.2) is 42.5 Å². The van der Waals surface area contributed by atoms with Crippen molar-refractivity contribution >= 4 is 23.4 Å². The Morgan fingerprint density at radius 1 is 1.03 bits per heavy atom. The molecule has 35 heavy (non-hydrogen) atoms. The molecule has 0 aliphatic carbocycles. The minimum Gasteiger partial charge on any atom is -0.475 e. The van der Waals surface area contributed by atoms with E-state index in [1.807, 2.05) is 54.0 Å². The van der Waals surface area contributed by atoms with Gasteiger partial charge in [-0.25, -0.2) is 4.79 Å². The molecule has 1 amide bonds. The van der Waals surface area contributed by atoms with Gasteiger partial charge < -0.3 is 19.9 Å². The topological polar surface area (TPSA) is 126 Å². The normalized spacial score (nSPS) is 18.7. The first kappa shape index (κ1) is 24.1. The maximum atomic E-state index is 12.7. The number of para-hydroxylation sites is 1. The summed E-state index contributed by atoms with van der Waals surface area (Å²) in [5, 5.41) is 27.1. The summed E-state index contributed by atoms with van der Waals surface area (Å²) in [7, 11) is 0. The lowest BCUT2D eigenvalue weighted by Gasteiger charge is -2.24.